The molecule has 0 fully saturated rings. The highest BCUT2D eigenvalue weighted by Crippen LogP contribution is 2.30. The molecular formula is C17H17BrClN5O2. The molecule has 0 saturated heterocycles. The third-order valence-corrected chi connectivity index (χ3v) is 4.30. The SMILES string of the molecule is C=C/C=C(C(N)=O)\C(=C/C)NC(=O)C1CC(Br)=NN1c1ncccc1Cl. The Balaban J connectivity index is 2.28. The minimum Gasteiger partial charge on any atom is -0.366 e. The van der Waals surface area contributed by atoms with Gasteiger partial charge in [0.2, 0.25) is 5.91 Å². The molecule has 2 rings (SSSR count). The highest BCUT2D eigenvalue weighted by molar-refractivity contribution is 9.18. The number of halogens is 2. The second-order valence-electron chi connectivity index (χ2n) is 5.22. The average Bonchev–Trinajstić information content (AvgIpc) is 2.99. The first-order valence-electron chi connectivity index (χ1n) is 7.61. The van der Waals surface area contributed by atoms with Crippen molar-refractivity contribution in [3.05, 3.63) is 59.4 Å². The lowest BCUT2D eigenvalue weighted by atomic mass is 10.1. The van der Waals surface area contributed by atoms with Crippen molar-refractivity contribution >= 4 is 49.8 Å². The molecule has 26 heavy (non-hydrogen) atoms. The van der Waals surface area contributed by atoms with Crippen molar-refractivity contribution < 1.29 is 9.59 Å². The predicted molar refractivity (Wildman–Crippen MR) is 106 cm³/mol. The van der Waals surface area contributed by atoms with Crippen LogP contribution in [0.4, 0.5) is 5.82 Å². The summed E-state index contributed by atoms with van der Waals surface area (Å²) >= 11 is 9.49. The van der Waals surface area contributed by atoms with Gasteiger partial charge in [-0.3, -0.25) is 9.59 Å². The Kier molecular flexibility index (Phi) is 6.70. The minimum absolute atomic E-state index is 0.149. The molecule has 1 aliphatic rings. The number of anilines is 1. The van der Waals surface area contributed by atoms with Gasteiger partial charge in [-0.2, -0.15) is 5.10 Å². The predicted octanol–water partition coefficient (Wildman–Crippen LogP) is 2.64. The number of pyridine rings is 1. The number of hydrogen-bond donors (Lipinski definition) is 2. The van der Waals surface area contributed by atoms with E-state index in [0.717, 1.165) is 0 Å². The summed E-state index contributed by atoms with van der Waals surface area (Å²) in [6.45, 7) is 5.23. The molecule has 1 aromatic heterocycles. The molecule has 7 nitrogen and oxygen atoms in total. The van der Waals surface area contributed by atoms with Crippen LogP contribution in [-0.4, -0.2) is 27.5 Å². The first kappa shape index (κ1) is 19.9. The van der Waals surface area contributed by atoms with E-state index in [-0.39, 0.29) is 17.2 Å². The smallest absolute Gasteiger partial charge is 0.250 e. The monoisotopic (exact) mass is 437 g/mol. The van der Waals surface area contributed by atoms with Gasteiger partial charge >= 0.3 is 0 Å². The van der Waals surface area contributed by atoms with Crippen molar-refractivity contribution in [1.29, 1.82) is 0 Å². The van der Waals surface area contributed by atoms with Crippen LogP contribution in [0.25, 0.3) is 0 Å². The lowest BCUT2D eigenvalue weighted by molar-refractivity contribution is -0.121. The zero-order valence-corrected chi connectivity index (χ0v) is 16.3. The third-order valence-electron chi connectivity index (χ3n) is 3.52. The van der Waals surface area contributed by atoms with Crippen LogP contribution in [0.15, 0.2) is 59.5 Å². The molecule has 1 aromatic rings. The Morgan fingerprint density at radius 3 is 2.85 bits per heavy atom. The fourth-order valence-electron chi connectivity index (χ4n) is 2.35. The van der Waals surface area contributed by atoms with Crippen LogP contribution in [0, 0.1) is 0 Å². The fraction of sp³-hybridized carbons (Fsp3) is 0.176. The number of allylic oxidation sites excluding steroid dienone is 3. The summed E-state index contributed by atoms with van der Waals surface area (Å²) in [4.78, 5) is 28.6. The normalized spacial score (nSPS) is 17.7. The highest BCUT2D eigenvalue weighted by Gasteiger charge is 2.35. The molecule has 1 unspecified atom stereocenters. The molecule has 1 aliphatic heterocycles. The largest absolute Gasteiger partial charge is 0.366 e. The second-order valence-corrected chi connectivity index (χ2v) is 6.54. The van der Waals surface area contributed by atoms with E-state index in [0.29, 0.717) is 21.9 Å². The van der Waals surface area contributed by atoms with E-state index < -0.39 is 11.9 Å². The van der Waals surface area contributed by atoms with Crippen LogP contribution in [-0.2, 0) is 9.59 Å². The summed E-state index contributed by atoms with van der Waals surface area (Å²) in [5, 5.41) is 8.81. The molecule has 3 N–H and O–H groups in total. The summed E-state index contributed by atoms with van der Waals surface area (Å²) in [5.41, 5.74) is 5.81. The van der Waals surface area contributed by atoms with E-state index >= 15 is 0 Å². The summed E-state index contributed by atoms with van der Waals surface area (Å²) < 4.78 is 0.582. The van der Waals surface area contributed by atoms with Crippen LogP contribution < -0.4 is 16.1 Å². The molecule has 2 amide bonds. The van der Waals surface area contributed by atoms with Gasteiger partial charge in [0.25, 0.3) is 5.91 Å². The Morgan fingerprint density at radius 1 is 1.54 bits per heavy atom. The van der Waals surface area contributed by atoms with Crippen molar-refractivity contribution in [2.45, 2.75) is 19.4 Å². The van der Waals surface area contributed by atoms with E-state index in [4.69, 9.17) is 17.3 Å². The zero-order valence-electron chi connectivity index (χ0n) is 13.9. The lowest BCUT2D eigenvalue weighted by Crippen LogP contribution is -2.43. The van der Waals surface area contributed by atoms with Gasteiger partial charge in [-0.05, 0) is 41.1 Å². The number of hydrazone groups is 1. The first-order valence-corrected chi connectivity index (χ1v) is 8.79. The Hall–Kier alpha value is -2.45. The standard InChI is InChI=1S/C17H17BrClN5O2/c1-3-6-10(15(20)25)12(4-2)22-17(26)13-9-14(18)23-24(13)16-11(19)7-5-8-21-16/h3-8,13H,1,9H2,2H3,(H2,20,25)(H,22,26)/b10-6+,12-4+. The van der Waals surface area contributed by atoms with E-state index in [1.807, 2.05) is 0 Å². The van der Waals surface area contributed by atoms with Gasteiger partial charge in [-0.1, -0.05) is 30.3 Å². The molecule has 0 bridgehead atoms. The molecule has 0 saturated carbocycles. The first-order chi connectivity index (χ1) is 12.4. The maximum Gasteiger partial charge on any atom is 0.250 e. The van der Waals surface area contributed by atoms with Crippen LogP contribution in [0.5, 0.6) is 0 Å². The summed E-state index contributed by atoms with van der Waals surface area (Å²) in [6, 6.07) is 2.66. The Morgan fingerprint density at radius 2 is 2.27 bits per heavy atom. The molecule has 9 heteroatoms. The number of rotatable bonds is 6. The van der Waals surface area contributed by atoms with E-state index in [2.05, 4.69) is 37.9 Å². The van der Waals surface area contributed by atoms with Crippen LogP contribution in [0.2, 0.25) is 5.02 Å². The number of aromatic nitrogens is 1. The lowest BCUT2D eigenvalue weighted by Gasteiger charge is -2.23. The van der Waals surface area contributed by atoms with Crippen LogP contribution in [0.3, 0.4) is 0 Å². The molecule has 136 valence electrons. The van der Waals surface area contributed by atoms with Gasteiger partial charge in [0, 0.05) is 18.3 Å². The minimum atomic E-state index is -0.690. The number of hydrogen-bond acceptors (Lipinski definition) is 5. The molecule has 0 spiro atoms. The number of primary amides is 1. The van der Waals surface area contributed by atoms with Gasteiger partial charge in [-0.15, -0.1) is 0 Å². The van der Waals surface area contributed by atoms with E-state index in [1.165, 1.54) is 17.2 Å². The maximum atomic E-state index is 12.8. The van der Waals surface area contributed by atoms with Crippen molar-refractivity contribution in [3.8, 4) is 0 Å². The van der Waals surface area contributed by atoms with Crippen molar-refractivity contribution in [2.24, 2.45) is 10.8 Å². The van der Waals surface area contributed by atoms with Crippen molar-refractivity contribution in [1.82, 2.24) is 10.3 Å². The highest BCUT2D eigenvalue weighted by atomic mass is 79.9. The van der Waals surface area contributed by atoms with E-state index in [1.54, 1.807) is 31.3 Å². The van der Waals surface area contributed by atoms with Gasteiger partial charge in [0.15, 0.2) is 5.82 Å². The maximum absolute atomic E-state index is 12.8. The topological polar surface area (TPSA) is 101 Å². The van der Waals surface area contributed by atoms with Gasteiger partial charge in [0.1, 0.15) is 10.7 Å². The molecule has 2 heterocycles. The molecule has 0 radical (unpaired) electrons. The van der Waals surface area contributed by atoms with E-state index in [9.17, 15) is 9.59 Å². The summed E-state index contributed by atoms with van der Waals surface area (Å²) in [6.07, 6.45) is 6.33. The molecule has 1 atom stereocenters. The fourth-order valence-corrected chi connectivity index (χ4v) is 3.04. The number of nitrogens with two attached hydrogens (primary N) is 1. The van der Waals surface area contributed by atoms with Crippen LogP contribution >= 0.6 is 27.5 Å². The Bertz CT molecular complexity index is 834. The number of nitrogens with zero attached hydrogens (tertiary/aromatic N) is 3. The summed E-state index contributed by atoms with van der Waals surface area (Å²) in [5.74, 6) is -0.691. The Labute approximate surface area is 164 Å². The number of carbonyl (C=O) groups excluding carboxylic acids is 2. The third kappa shape index (κ3) is 4.39. The number of nitrogens with one attached hydrogen (secondary N) is 1. The van der Waals surface area contributed by atoms with Crippen LogP contribution in [0.1, 0.15) is 13.3 Å². The van der Waals surface area contributed by atoms with Crippen molar-refractivity contribution in [3.63, 3.8) is 0 Å². The quantitative estimate of drug-likeness (QED) is 0.526. The number of amides is 2. The van der Waals surface area contributed by atoms with Crippen molar-refractivity contribution in [2.75, 3.05) is 5.01 Å². The summed E-state index contributed by atoms with van der Waals surface area (Å²) in [7, 11) is 0. The molecule has 0 aliphatic carbocycles. The molecule has 0 aromatic carbocycles. The number of carbonyl (C=O) groups is 2. The zero-order chi connectivity index (χ0) is 19.3. The second kappa shape index (κ2) is 8.77. The van der Waals surface area contributed by atoms with Gasteiger partial charge < -0.3 is 11.1 Å². The van der Waals surface area contributed by atoms with Gasteiger partial charge in [0.05, 0.1) is 10.6 Å². The average molecular weight is 439 g/mol. The molecular weight excluding hydrogens is 422 g/mol. The van der Waals surface area contributed by atoms with Gasteiger partial charge in [-0.25, -0.2) is 9.99 Å².